The molecule has 7 nitrogen and oxygen atoms in total. The molecule has 3 rings (SSSR count). The molecule has 3 fully saturated rings. The summed E-state index contributed by atoms with van der Waals surface area (Å²) in [6.07, 6.45) is 4.72. The minimum atomic E-state index is -0.726. The zero-order chi connectivity index (χ0) is 20.4. The maximum atomic E-state index is 13.2. The summed E-state index contributed by atoms with van der Waals surface area (Å²) >= 11 is 0. The Bertz CT molecular complexity index is 623. The Morgan fingerprint density at radius 1 is 1.29 bits per heavy atom. The SMILES string of the molecule is CC(C)(C)C1CCC2(CC1)NC(=O)N(CN(CCC#N)CC1CCOC1)C2=O. The molecule has 2 heterocycles. The van der Waals surface area contributed by atoms with E-state index >= 15 is 0 Å². The Morgan fingerprint density at radius 2 is 2.00 bits per heavy atom. The van der Waals surface area contributed by atoms with Crippen LogP contribution in [0, 0.1) is 28.6 Å². The summed E-state index contributed by atoms with van der Waals surface area (Å²) in [6, 6.07) is 1.88. The first kappa shape index (κ1) is 21.1. The molecule has 1 N–H and O–H groups in total. The average molecular weight is 391 g/mol. The fraction of sp³-hybridized carbons (Fsp3) is 0.857. The van der Waals surface area contributed by atoms with Gasteiger partial charge in [0.2, 0.25) is 0 Å². The molecule has 0 aromatic rings. The number of nitrogens with one attached hydrogen (secondary N) is 1. The highest BCUT2D eigenvalue weighted by atomic mass is 16.5. The van der Waals surface area contributed by atoms with Crippen molar-refractivity contribution in [2.24, 2.45) is 17.3 Å². The van der Waals surface area contributed by atoms with Crippen LogP contribution in [0.5, 0.6) is 0 Å². The van der Waals surface area contributed by atoms with E-state index in [-0.39, 0.29) is 24.0 Å². The highest BCUT2D eigenvalue weighted by Gasteiger charge is 2.53. The van der Waals surface area contributed by atoms with Crippen LogP contribution in [0.2, 0.25) is 0 Å². The number of carbonyl (C=O) groups excluding carboxylic acids is 2. The Labute approximate surface area is 168 Å². The number of hydrogen-bond acceptors (Lipinski definition) is 5. The number of ether oxygens (including phenoxy) is 1. The lowest BCUT2D eigenvalue weighted by atomic mass is 9.67. The normalized spacial score (nSPS) is 30.9. The summed E-state index contributed by atoms with van der Waals surface area (Å²) in [4.78, 5) is 29.3. The summed E-state index contributed by atoms with van der Waals surface area (Å²) in [6.45, 7) is 9.78. The summed E-state index contributed by atoms with van der Waals surface area (Å²) < 4.78 is 5.45. The van der Waals surface area contributed by atoms with E-state index in [2.05, 4.69) is 37.1 Å². The highest BCUT2D eigenvalue weighted by Crippen LogP contribution is 2.43. The van der Waals surface area contributed by atoms with Crippen molar-refractivity contribution >= 4 is 11.9 Å². The Balaban J connectivity index is 1.64. The third-order valence-corrected chi connectivity index (χ3v) is 6.73. The number of carbonyl (C=O) groups is 2. The minimum Gasteiger partial charge on any atom is -0.381 e. The van der Waals surface area contributed by atoms with Crippen LogP contribution in [0.25, 0.3) is 0 Å². The van der Waals surface area contributed by atoms with E-state index in [4.69, 9.17) is 10.00 Å². The topological polar surface area (TPSA) is 85.7 Å². The van der Waals surface area contributed by atoms with Crippen LogP contribution in [0.1, 0.15) is 59.3 Å². The zero-order valence-corrected chi connectivity index (χ0v) is 17.5. The van der Waals surface area contributed by atoms with Gasteiger partial charge in [0.15, 0.2) is 0 Å². The molecule has 1 saturated carbocycles. The lowest BCUT2D eigenvalue weighted by Gasteiger charge is -2.40. The monoisotopic (exact) mass is 390 g/mol. The number of rotatable bonds is 6. The summed E-state index contributed by atoms with van der Waals surface area (Å²) in [5.74, 6) is 0.886. The van der Waals surface area contributed by atoms with Gasteiger partial charge in [0.05, 0.1) is 19.3 Å². The summed E-state index contributed by atoms with van der Waals surface area (Å²) in [7, 11) is 0. The van der Waals surface area contributed by atoms with Crippen molar-refractivity contribution in [3.63, 3.8) is 0 Å². The lowest BCUT2D eigenvalue weighted by Crippen LogP contribution is -2.51. The Kier molecular flexibility index (Phi) is 6.31. The third-order valence-electron chi connectivity index (χ3n) is 6.73. The standard InChI is InChI=1S/C21H34N4O3/c1-20(2,3)17-5-8-21(9-6-17)18(26)25(19(27)23-21)15-24(11-4-10-22)13-16-7-12-28-14-16/h16-17H,4-9,11-15H2,1-3H3,(H,23,27). The van der Waals surface area contributed by atoms with Crippen molar-refractivity contribution in [2.75, 3.05) is 33.0 Å². The van der Waals surface area contributed by atoms with Crippen molar-refractivity contribution in [3.05, 3.63) is 0 Å². The van der Waals surface area contributed by atoms with Crippen LogP contribution in [0.4, 0.5) is 4.79 Å². The largest absolute Gasteiger partial charge is 0.381 e. The minimum absolute atomic E-state index is 0.0884. The number of imide groups is 1. The van der Waals surface area contributed by atoms with E-state index in [0.29, 0.717) is 44.2 Å². The summed E-state index contributed by atoms with van der Waals surface area (Å²) in [5, 5.41) is 12.0. The van der Waals surface area contributed by atoms with Gasteiger partial charge in [0.1, 0.15) is 5.54 Å². The molecule has 2 saturated heterocycles. The van der Waals surface area contributed by atoms with Gasteiger partial charge < -0.3 is 10.1 Å². The summed E-state index contributed by atoms with van der Waals surface area (Å²) in [5.41, 5.74) is -0.499. The smallest absolute Gasteiger partial charge is 0.326 e. The molecule has 1 unspecified atom stereocenters. The van der Waals surface area contributed by atoms with Crippen molar-refractivity contribution in [1.82, 2.24) is 15.1 Å². The second-order valence-electron chi connectivity index (χ2n) is 9.74. The van der Waals surface area contributed by atoms with E-state index in [1.165, 1.54) is 4.90 Å². The van der Waals surface area contributed by atoms with Gasteiger partial charge in [0, 0.05) is 26.1 Å². The van der Waals surface area contributed by atoms with Gasteiger partial charge >= 0.3 is 6.03 Å². The molecule has 3 amide bonds. The number of nitriles is 1. The molecule has 2 aliphatic heterocycles. The Hall–Kier alpha value is -1.65. The van der Waals surface area contributed by atoms with Crippen molar-refractivity contribution in [3.8, 4) is 6.07 Å². The molecule has 7 heteroatoms. The predicted molar refractivity (Wildman–Crippen MR) is 105 cm³/mol. The van der Waals surface area contributed by atoms with E-state index in [1.807, 2.05) is 0 Å². The number of hydrogen-bond donors (Lipinski definition) is 1. The van der Waals surface area contributed by atoms with E-state index in [9.17, 15) is 9.59 Å². The van der Waals surface area contributed by atoms with Gasteiger partial charge in [0.25, 0.3) is 5.91 Å². The van der Waals surface area contributed by atoms with Crippen molar-refractivity contribution < 1.29 is 14.3 Å². The van der Waals surface area contributed by atoms with E-state index in [0.717, 1.165) is 32.4 Å². The van der Waals surface area contributed by atoms with Crippen LogP contribution in [-0.2, 0) is 9.53 Å². The van der Waals surface area contributed by atoms with E-state index < -0.39 is 5.54 Å². The van der Waals surface area contributed by atoms with Gasteiger partial charge in [-0.15, -0.1) is 0 Å². The maximum Gasteiger partial charge on any atom is 0.326 e. The maximum absolute atomic E-state index is 13.2. The van der Waals surface area contributed by atoms with Crippen LogP contribution < -0.4 is 5.32 Å². The predicted octanol–water partition coefficient (Wildman–Crippen LogP) is 2.72. The molecule has 3 aliphatic rings. The van der Waals surface area contributed by atoms with Crippen LogP contribution >= 0.6 is 0 Å². The molecular weight excluding hydrogens is 356 g/mol. The van der Waals surface area contributed by atoms with Crippen LogP contribution in [-0.4, -0.2) is 60.2 Å². The average Bonchev–Trinajstić information content (AvgIpc) is 3.22. The molecular formula is C21H34N4O3. The molecule has 1 atom stereocenters. The van der Waals surface area contributed by atoms with Gasteiger partial charge in [-0.3, -0.25) is 9.69 Å². The second kappa shape index (κ2) is 8.38. The zero-order valence-electron chi connectivity index (χ0n) is 17.5. The first-order chi connectivity index (χ1) is 13.2. The van der Waals surface area contributed by atoms with Gasteiger partial charge in [-0.05, 0) is 49.4 Å². The number of urea groups is 1. The van der Waals surface area contributed by atoms with Gasteiger partial charge in [-0.1, -0.05) is 20.8 Å². The van der Waals surface area contributed by atoms with E-state index in [1.54, 1.807) is 0 Å². The van der Waals surface area contributed by atoms with Crippen LogP contribution in [0.15, 0.2) is 0 Å². The van der Waals surface area contributed by atoms with Crippen molar-refractivity contribution in [2.45, 2.75) is 64.8 Å². The fourth-order valence-corrected chi connectivity index (χ4v) is 4.84. The second-order valence-corrected chi connectivity index (χ2v) is 9.74. The first-order valence-corrected chi connectivity index (χ1v) is 10.6. The Morgan fingerprint density at radius 3 is 2.57 bits per heavy atom. The van der Waals surface area contributed by atoms with Gasteiger partial charge in [-0.25, -0.2) is 9.69 Å². The molecule has 28 heavy (non-hydrogen) atoms. The highest BCUT2D eigenvalue weighted by molar-refractivity contribution is 6.07. The first-order valence-electron chi connectivity index (χ1n) is 10.6. The molecule has 0 aromatic carbocycles. The molecule has 1 spiro atoms. The molecule has 156 valence electrons. The molecule has 0 radical (unpaired) electrons. The van der Waals surface area contributed by atoms with Gasteiger partial charge in [-0.2, -0.15) is 5.26 Å². The fourth-order valence-electron chi connectivity index (χ4n) is 4.84. The molecule has 1 aliphatic carbocycles. The number of nitrogens with zero attached hydrogens (tertiary/aromatic N) is 3. The number of amides is 3. The lowest BCUT2D eigenvalue weighted by molar-refractivity contribution is -0.134. The third kappa shape index (κ3) is 4.49. The quantitative estimate of drug-likeness (QED) is 0.705. The van der Waals surface area contributed by atoms with Crippen LogP contribution in [0.3, 0.4) is 0 Å². The molecule has 0 bridgehead atoms. The molecule has 0 aromatic heterocycles. The van der Waals surface area contributed by atoms with Crippen molar-refractivity contribution in [1.29, 1.82) is 5.26 Å².